The van der Waals surface area contributed by atoms with E-state index in [0.29, 0.717) is 12.0 Å². The van der Waals surface area contributed by atoms with Crippen molar-refractivity contribution in [1.29, 1.82) is 0 Å². The molecule has 1 aromatic heterocycles. The van der Waals surface area contributed by atoms with Gasteiger partial charge in [0.1, 0.15) is 0 Å². The van der Waals surface area contributed by atoms with Crippen LogP contribution < -0.4 is 10.2 Å². The van der Waals surface area contributed by atoms with E-state index >= 15 is 0 Å². The molecule has 1 unspecified atom stereocenters. The SMILES string of the molecule is CC(C)c1ccc(N(C)CCC2CCCN2)nn1. The lowest BCUT2D eigenvalue weighted by Crippen LogP contribution is -2.28. The molecule has 0 spiro atoms. The summed E-state index contributed by atoms with van der Waals surface area (Å²) in [4.78, 5) is 2.19. The molecule has 1 saturated heterocycles. The van der Waals surface area contributed by atoms with Crippen molar-refractivity contribution < 1.29 is 0 Å². The number of hydrogen-bond acceptors (Lipinski definition) is 4. The molecule has 0 radical (unpaired) electrons. The molecule has 1 aliphatic rings. The van der Waals surface area contributed by atoms with Gasteiger partial charge in [0, 0.05) is 19.6 Å². The molecule has 2 heterocycles. The van der Waals surface area contributed by atoms with Gasteiger partial charge in [-0.15, -0.1) is 5.10 Å². The highest BCUT2D eigenvalue weighted by Gasteiger charge is 2.14. The second kappa shape index (κ2) is 6.14. The van der Waals surface area contributed by atoms with Crippen LogP contribution in [0.4, 0.5) is 5.82 Å². The summed E-state index contributed by atoms with van der Waals surface area (Å²) in [5.74, 6) is 1.41. The minimum absolute atomic E-state index is 0.444. The second-order valence-corrected chi connectivity index (χ2v) is 5.47. The molecular formula is C14H24N4. The second-order valence-electron chi connectivity index (χ2n) is 5.47. The summed E-state index contributed by atoms with van der Waals surface area (Å²) < 4.78 is 0. The molecule has 18 heavy (non-hydrogen) atoms. The van der Waals surface area contributed by atoms with Crippen LogP contribution in [-0.2, 0) is 0 Å². The van der Waals surface area contributed by atoms with Crippen molar-refractivity contribution in [3.8, 4) is 0 Å². The summed E-state index contributed by atoms with van der Waals surface area (Å²) in [6.07, 6.45) is 3.81. The predicted molar refractivity (Wildman–Crippen MR) is 75.0 cm³/mol. The van der Waals surface area contributed by atoms with Crippen LogP contribution in [0.15, 0.2) is 12.1 Å². The van der Waals surface area contributed by atoms with Crippen molar-refractivity contribution in [3.05, 3.63) is 17.8 Å². The van der Waals surface area contributed by atoms with E-state index in [9.17, 15) is 0 Å². The fraction of sp³-hybridized carbons (Fsp3) is 0.714. The lowest BCUT2D eigenvalue weighted by molar-refractivity contribution is 0.557. The third kappa shape index (κ3) is 3.42. The fourth-order valence-corrected chi connectivity index (χ4v) is 2.31. The van der Waals surface area contributed by atoms with E-state index in [-0.39, 0.29) is 0 Å². The van der Waals surface area contributed by atoms with Crippen molar-refractivity contribution in [1.82, 2.24) is 15.5 Å². The zero-order valence-corrected chi connectivity index (χ0v) is 11.7. The highest BCUT2D eigenvalue weighted by molar-refractivity contribution is 5.36. The van der Waals surface area contributed by atoms with Crippen molar-refractivity contribution in [3.63, 3.8) is 0 Å². The smallest absolute Gasteiger partial charge is 0.150 e. The molecule has 2 rings (SSSR count). The Morgan fingerprint density at radius 3 is 2.78 bits per heavy atom. The molecule has 1 fully saturated rings. The van der Waals surface area contributed by atoms with Gasteiger partial charge < -0.3 is 10.2 Å². The van der Waals surface area contributed by atoms with E-state index in [1.54, 1.807) is 0 Å². The molecule has 4 nitrogen and oxygen atoms in total. The van der Waals surface area contributed by atoms with Gasteiger partial charge in [-0.3, -0.25) is 0 Å². The van der Waals surface area contributed by atoms with Crippen molar-refractivity contribution in [2.24, 2.45) is 0 Å². The van der Waals surface area contributed by atoms with Gasteiger partial charge in [0.05, 0.1) is 5.69 Å². The minimum Gasteiger partial charge on any atom is -0.358 e. The number of rotatable bonds is 5. The van der Waals surface area contributed by atoms with E-state index < -0.39 is 0 Å². The first kappa shape index (κ1) is 13.3. The highest BCUT2D eigenvalue weighted by Crippen LogP contribution is 2.15. The molecule has 100 valence electrons. The Hall–Kier alpha value is -1.16. The number of nitrogens with one attached hydrogen (secondary N) is 1. The molecule has 0 amide bonds. The zero-order valence-electron chi connectivity index (χ0n) is 11.7. The number of aromatic nitrogens is 2. The summed E-state index contributed by atoms with van der Waals surface area (Å²) >= 11 is 0. The normalized spacial score (nSPS) is 19.4. The molecule has 1 N–H and O–H groups in total. The summed E-state index contributed by atoms with van der Waals surface area (Å²) in [6, 6.07) is 4.84. The number of nitrogens with zero attached hydrogens (tertiary/aromatic N) is 3. The molecule has 0 aromatic carbocycles. The third-order valence-corrected chi connectivity index (χ3v) is 3.63. The first-order chi connectivity index (χ1) is 8.66. The van der Waals surface area contributed by atoms with Gasteiger partial charge >= 0.3 is 0 Å². The maximum Gasteiger partial charge on any atom is 0.150 e. The molecule has 1 atom stereocenters. The van der Waals surface area contributed by atoms with Crippen LogP contribution in [0, 0.1) is 0 Å². The van der Waals surface area contributed by atoms with Crippen molar-refractivity contribution >= 4 is 5.82 Å². The molecule has 1 aromatic rings. The van der Waals surface area contributed by atoms with Crippen LogP contribution in [0.1, 0.15) is 44.7 Å². The van der Waals surface area contributed by atoms with Crippen LogP contribution >= 0.6 is 0 Å². The average molecular weight is 248 g/mol. The fourth-order valence-electron chi connectivity index (χ4n) is 2.31. The largest absolute Gasteiger partial charge is 0.358 e. The van der Waals surface area contributed by atoms with Gasteiger partial charge in [-0.25, -0.2) is 0 Å². The highest BCUT2D eigenvalue weighted by atomic mass is 15.2. The summed E-state index contributed by atoms with van der Waals surface area (Å²) in [5.41, 5.74) is 1.06. The Morgan fingerprint density at radius 1 is 1.39 bits per heavy atom. The maximum atomic E-state index is 4.30. The number of anilines is 1. The Balaban J connectivity index is 1.85. The van der Waals surface area contributed by atoms with Crippen LogP contribution in [0.5, 0.6) is 0 Å². The Morgan fingerprint density at radius 2 is 2.22 bits per heavy atom. The van der Waals surface area contributed by atoms with E-state index in [2.05, 4.69) is 53.4 Å². The molecule has 0 bridgehead atoms. The van der Waals surface area contributed by atoms with Crippen molar-refractivity contribution in [2.45, 2.75) is 45.1 Å². The lowest BCUT2D eigenvalue weighted by Gasteiger charge is -2.20. The van der Waals surface area contributed by atoms with Crippen LogP contribution in [0.3, 0.4) is 0 Å². The first-order valence-electron chi connectivity index (χ1n) is 6.95. The molecular weight excluding hydrogens is 224 g/mol. The Kier molecular flexibility index (Phi) is 4.53. The van der Waals surface area contributed by atoms with Crippen LogP contribution in [-0.4, -0.2) is 36.4 Å². The summed E-state index contributed by atoms with van der Waals surface area (Å²) in [5, 5.41) is 12.1. The van der Waals surface area contributed by atoms with Gasteiger partial charge in [-0.05, 0) is 43.9 Å². The third-order valence-electron chi connectivity index (χ3n) is 3.63. The topological polar surface area (TPSA) is 41.0 Å². The minimum atomic E-state index is 0.444. The monoisotopic (exact) mass is 248 g/mol. The van der Waals surface area contributed by atoms with Gasteiger partial charge in [0.2, 0.25) is 0 Å². The Bertz CT molecular complexity index is 355. The lowest BCUT2D eigenvalue weighted by atomic mass is 10.1. The van der Waals surface area contributed by atoms with E-state index in [1.807, 2.05) is 0 Å². The standard InChI is InChI=1S/C14H24N4/c1-11(2)13-6-7-14(17-16-13)18(3)10-8-12-5-4-9-15-12/h6-7,11-12,15H,4-5,8-10H2,1-3H3. The van der Waals surface area contributed by atoms with Gasteiger partial charge in [0.25, 0.3) is 0 Å². The zero-order chi connectivity index (χ0) is 13.0. The molecule has 0 aliphatic carbocycles. The predicted octanol–water partition coefficient (Wildman–Crippen LogP) is 2.18. The Labute approximate surface area is 110 Å². The first-order valence-corrected chi connectivity index (χ1v) is 6.95. The molecule has 0 saturated carbocycles. The van der Waals surface area contributed by atoms with Crippen molar-refractivity contribution in [2.75, 3.05) is 25.0 Å². The van der Waals surface area contributed by atoms with Gasteiger partial charge in [0.15, 0.2) is 5.82 Å². The van der Waals surface area contributed by atoms with Crippen LogP contribution in [0.2, 0.25) is 0 Å². The summed E-state index contributed by atoms with van der Waals surface area (Å²) in [7, 11) is 2.09. The maximum absolute atomic E-state index is 4.30. The van der Waals surface area contributed by atoms with E-state index in [1.165, 1.54) is 25.8 Å². The van der Waals surface area contributed by atoms with E-state index in [0.717, 1.165) is 18.1 Å². The quantitative estimate of drug-likeness (QED) is 0.867. The van der Waals surface area contributed by atoms with E-state index in [4.69, 9.17) is 0 Å². The number of hydrogen-bond donors (Lipinski definition) is 1. The molecule has 4 heteroatoms. The van der Waals surface area contributed by atoms with Crippen LogP contribution in [0.25, 0.3) is 0 Å². The van der Waals surface area contributed by atoms with Gasteiger partial charge in [-0.1, -0.05) is 13.8 Å². The van der Waals surface area contributed by atoms with Gasteiger partial charge in [-0.2, -0.15) is 5.10 Å². The molecule has 1 aliphatic heterocycles. The average Bonchev–Trinajstić information content (AvgIpc) is 2.89. The summed E-state index contributed by atoms with van der Waals surface area (Å²) in [6.45, 7) is 6.49.